The van der Waals surface area contributed by atoms with Crippen molar-refractivity contribution in [3.8, 4) is 0 Å². The second-order valence-corrected chi connectivity index (χ2v) is 2.76. The Morgan fingerprint density at radius 2 is 1.60 bits per heavy atom. The molecular formula is C9H6O. The molecule has 0 aliphatic heterocycles. The Kier molecular flexibility index (Phi) is 0.575. The first-order valence-corrected chi connectivity index (χ1v) is 3.42. The van der Waals surface area contributed by atoms with Crippen LogP contribution in [0.5, 0.6) is 0 Å². The third kappa shape index (κ3) is 0.338. The van der Waals surface area contributed by atoms with Gasteiger partial charge in [-0.15, -0.1) is 0 Å². The molecule has 2 aliphatic rings. The molecule has 0 N–H and O–H groups in total. The van der Waals surface area contributed by atoms with Gasteiger partial charge < -0.3 is 4.42 Å². The third-order valence-corrected chi connectivity index (χ3v) is 2.22. The average molecular weight is 130 g/mol. The molecule has 0 unspecified atom stereocenters. The lowest BCUT2D eigenvalue weighted by molar-refractivity contribution is 0.565. The van der Waals surface area contributed by atoms with Crippen LogP contribution in [0.4, 0.5) is 0 Å². The van der Waals surface area contributed by atoms with Gasteiger partial charge in [0.25, 0.3) is 0 Å². The molecule has 0 fully saturated rings. The fourth-order valence-electron chi connectivity index (χ4n) is 1.69. The second-order valence-electron chi connectivity index (χ2n) is 2.76. The fourth-order valence-corrected chi connectivity index (χ4v) is 1.69. The Morgan fingerprint density at radius 3 is 2.20 bits per heavy atom. The first-order chi connectivity index (χ1) is 4.95. The predicted octanol–water partition coefficient (Wildman–Crippen LogP) is 2.46. The quantitative estimate of drug-likeness (QED) is 0.525. The van der Waals surface area contributed by atoms with Gasteiger partial charge in [0.05, 0.1) is 12.5 Å². The minimum absolute atomic E-state index is 1.13. The van der Waals surface area contributed by atoms with Gasteiger partial charge in [0.15, 0.2) is 0 Å². The molecule has 2 bridgehead atoms. The largest absolute Gasteiger partial charge is 0.471 e. The van der Waals surface area contributed by atoms with Crippen molar-refractivity contribution >= 4 is 11.1 Å². The molecule has 2 aliphatic carbocycles. The summed E-state index contributed by atoms with van der Waals surface area (Å²) in [4.78, 5) is 0. The number of hydrogen-bond acceptors (Lipinski definition) is 1. The van der Waals surface area contributed by atoms with Gasteiger partial charge in [0.1, 0.15) is 0 Å². The van der Waals surface area contributed by atoms with Gasteiger partial charge in [-0.05, 0) is 17.6 Å². The van der Waals surface area contributed by atoms with Gasteiger partial charge in [0, 0.05) is 11.1 Å². The second kappa shape index (κ2) is 1.26. The summed E-state index contributed by atoms with van der Waals surface area (Å²) >= 11 is 0. The minimum Gasteiger partial charge on any atom is -0.471 e. The van der Waals surface area contributed by atoms with E-state index < -0.39 is 0 Å². The van der Waals surface area contributed by atoms with Crippen LogP contribution in [0.1, 0.15) is 17.5 Å². The number of allylic oxidation sites excluding steroid dienone is 4. The Labute approximate surface area is 58.7 Å². The van der Waals surface area contributed by atoms with E-state index in [1.165, 1.54) is 22.3 Å². The molecule has 0 saturated heterocycles. The molecule has 0 amide bonds. The summed E-state index contributed by atoms with van der Waals surface area (Å²) in [6.07, 6.45) is 9.14. The van der Waals surface area contributed by atoms with Gasteiger partial charge in [-0.25, -0.2) is 0 Å². The van der Waals surface area contributed by atoms with Crippen molar-refractivity contribution in [1.82, 2.24) is 0 Å². The lowest BCUT2D eigenvalue weighted by Gasteiger charge is -1.90. The van der Waals surface area contributed by atoms with Crippen LogP contribution in [0.2, 0.25) is 0 Å². The van der Waals surface area contributed by atoms with Crippen molar-refractivity contribution in [2.75, 3.05) is 0 Å². The van der Waals surface area contributed by atoms with Gasteiger partial charge in [-0.3, -0.25) is 0 Å². The molecule has 0 saturated carbocycles. The Balaban J connectivity index is 2.46. The maximum atomic E-state index is 5.09. The average Bonchev–Trinajstić information content (AvgIpc) is 2.60. The zero-order chi connectivity index (χ0) is 6.55. The van der Waals surface area contributed by atoms with Crippen molar-refractivity contribution < 1.29 is 4.42 Å². The molecular weight excluding hydrogens is 124 g/mol. The van der Waals surface area contributed by atoms with Crippen molar-refractivity contribution in [3.05, 3.63) is 35.8 Å². The summed E-state index contributed by atoms with van der Waals surface area (Å²) < 4.78 is 5.09. The van der Waals surface area contributed by atoms with Crippen molar-refractivity contribution in [2.45, 2.75) is 6.42 Å². The molecule has 0 aromatic carbocycles. The topological polar surface area (TPSA) is 13.1 Å². The summed E-state index contributed by atoms with van der Waals surface area (Å²) in [7, 11) is 0. The highest BCUT2D eigenvalue weighted by Gasteiger charge is 2.25. The van der Waals surface area contributed by atoms with Gasteiger partial charge in [-0.2, -0.15) is 0 Å². The standard InChI is InChI=1S/C9H6O/c1-2-7-3-6(1)8-4-10-5-9(7)8/h1-2,4-5H,3H2. The number of furan rings is 1. The van der Waals surface area contributed by atoms with Gasteiger partial charge in [0.2, 0.25) is 0 Å². The molecule has 1 nitrogen and oxygen atoms in total. The highest BCUT2D eigenvalue weighted by Crippen LogP contribution is 2.44. The lowest BCUT2D eigenvalue weighted by atomic mass is 10.1. The molecule has 0 radical (unpaired) electrons. The highest BCUT2D eigenvalue weighted by atomic mass is 16.3. The van der Waals surface area contributed by atoms with Crippen LogP contribution in [-0.4, -0.2) is 0 Å². The maximum Gasteiger partial charge on any atom is 0.0984 e. The molecule has 1 heteroatoms. The van der Waals surface area contributed by atoms with E-state index in [0.29, 0.717) is 0 Å². The zero-order valence-corrected chi connectivity index (χ0v) is 5.42. The van der Waals surface area contributed by atoms with Crippen LogP contribution in [0.3, 0.4) is 0 Å². The predicted molar refractivity (Wildman–Crippen MR) is 39.3 cm³/mol. The third-order valence-electron chi connectivity index (χ3n) is 2.22. The van der Waals surface area contributed by atoms with Crippen molar-refractivity contribution in [2.24, 2.45) is 0 Å². The van der Waals surface area contributed by atoms with E-state index >= 15 is 0 Å². The van der Waals surface area contributed by atoms with Crippen LogP contribution in [-0.2, 0) is 0 Å². The van der Waals surface area contributed by atoms with E-state index in [9.17, 15) is 0 Å². The minimum atomic E-state index is 1.13. The van der Waals surface area contributed by atoms with E-state index in [-0.39, 0.29) is 0 Å². The summed E-state index contributed by atoms with van der Waals surface area (Å²) in [5, 5.41) is 0. The van der Waals surface area contributed by atoms with Crippen LogP contribution in [0, 0.1) is 0 Å². The van der Waals surface area contributed by atoms with E-state index in [1.54, 1.807) is 0 Å². The molecule has 1 heterocycles. The van der Waals surface area contributed by atoms with E-state index in [2.05, 4.69) is 12.2 Å². The zero-order valence-electron chi connectivity index (χ0n) is 5.42. The first kappa shape index (κ1) is 4.56. The summed E-state index contributed by atoms with van der Waals surface area (Å²) in [6, 6.07) is 0. The molecule has 10 heavy (non-hydrogen) atoms. The molecule has 0 atom stereocenters. The van der Waals surface area contributed by atoms with Gasteiger partial charge >= 0.3 is 0 Å². The molecule has 3 rings (SSSR count). The summed E-state index contributed by atoms with van der Waals surface area (Å²) in [6.45, 7) is 0. The van der Waals surface area contributed by atoms with Gasteiger partial charge in [-0.1, -0.05) is 12.2 Å². The van der Waals surface area contributed by atoms with Crippen LogP contribution >= 0.6 is 0 Å². The number of rotatable bonds is 0. The lowest BCUT2D eigenvalue weighted by Crippen LogP contribution is -1.73. The summed E-state index contributed by atoms with van der Waals surface area (Å²) in [5.41, 5.74) is 5.44. The molecule has 1 aromatic rings. The van der Waals surface area contributed by atoms with Crippen LogP contribution in [0.15, 0.2) is 29.1 Å². The number of hydrogen-bond donors (Lipinski definition) is 0. The smallest absolute Gasteiger partial charge is 0.0984 e. The normalized spacial score (nSPS) is 18.8. The van der Waals surface area contributed by atoms with Crippen molar-refractivity contribution in [1.29, 1.82) is 0 Å². The van der Waals surface area contributed by atoms with E-state index in [1.807, 2.05) is 12.5 Å². The molecule has 1 aromatic heterocycles. The highest BCUT2D eigenvalue weighted by molar-refractivity contribution is 5.97. The molecule has 48 valence electrons. The fraction of sp³-hybridized carbons (Fsp3) is 0.111. The van der Waals surface area contributed by atoms with E-state index in [4.69, 9.17) is 4.42 Å². The van der Waals surface area contributed by atoms with Crippen LogP contribution in [0.25, 0.3) is 11.1 Å². The Morgan fingerprint density at radius 1 is 1.00 bits per heavy atom. The Bertz CT molecular complexity index is 320. The summed E-state index contributed by atoms with van der Waals surface area (Å²) in [5.74, 6) is 0. The number of fused-ring (bicyclic) bond motifs is 5. The first-order valence-electron chi connectivity index (χ1n) is 3.42. The molecule has 0 spiro atoms. The monoisotopic (exact) mass is 130 g/mol. The SMILES string of the molecule is C1=C2CC(=C1)c1cocc12. The maximum absolute atomic E-state index is 5.09. The Hall–Kier alpha value is -1.24. The van der Waals surface area contributed by atoms with Crippen LogP contribution < -0.4 is 0 Å². The van der Waals surface area contributed by atoms with Crippen molar-refractivity contribution in [3.63, 3.8) is 0 Å². The van der Waals surface area contributed by atoms with E-state index in [0.717, 1.165) is 6.42 Å².